The highest BCUT2D eigenvalue weighted by atomic mass is 79.9. The van der Waals surface area contributed by atoms with Gasteiger partial charge in [-0.05, 0) is 56.6 Å². The summed E-state index contributed by atoms with van der Waals surface area (Å²) in [7, 11) is 0. The standard InChI is InChI=1S/C13H18BrFN2O2/c1-12(2,3)19-11(18)17-13(4,5)10-9(15)6-8(14)7-16-10/h6-7H,1-5H3,(H,17,18). The van der Waals surface area contributed by atoms with Crippen LogP contribution in [0, 0.1) is 5.82 Å². The number of carbonyl (C=O) groups is 1. The fourth-order valence-electron chi connectivity index (χ4n) is 1.49. The van der Waals surface area contributed by atoms with Gasteiger partial charge in [0.25, 0.3) is 0 Å². The highest BCUT2D eigenvalue weighted by Gasteiger charge is 2.30. The molecule has 0 saturated carbocycles. The third kappa shape index (κ3) is 4.78. The molecular weight excluding hydrogens is 315 g/mol. The Morgan fingerprint density at radius 3 is 2.42 bits per heavy atom. The van der Waals surface area contributed by atoms with Crippen LogP contribution in [0.2, 0.25) is 0 Å². The van der Waals surface area contributed by atoms with Gasteiger partial charge in [-0.25, -0.2) is 9.18 Å². The number of nitrogens with one attached hydrogen (secondary N) is 1. The van der Waals surface area contributed by atoms with E-state index < -0.39 is 23.1 Å². The fraction of sp³-hybridized carbons (Fsp3) is 0.538. The lowest BCUT2D eigenvalue weighted by atomic mass is 10.00. The molecule has 1 aromatic rings. The predicted octanol–water partition coefficient (Wildman–Crippen LogP) is 3.74. The second kappa shape index (κ2) is 5.45. The van der Waals surface area contributed by atoms with Gasteiger partial charge in [-0.15, -0.1) is 0 Å². The molecule has 0 atom stereocenters. The van der Waals surface area contributed by atoms with E-state index in [-0.39, 0.29) is 5.69 Å². The Morgan fingerprint density at radius 2 is 1.95 bits per heavy atom. The van der Waals surface area contributed by atoms with E-state index in [1.54, 1.807) is 34.6 Å². The summed E-state index contributed by atoms with van der Waals surface area (Å²) in [4.78, 5) is 15.7. The van der Waals surface area contributed by atoms with Gasteiger partial charge >= 0.3 is 6.09 Å². The van der Waals surface area contributed by atoms with Gasteiger partial charge in [0.1, 0.15) is 17.1 Å². The molecule has 1 N–H and O–H groups in total. The molecule has 0 spiro atoms. The zero-order chi connectivity index (χ0) is 14.8. The van der Waals surface area contributed by atoms with Gasteiger partial charge in [0.05, 0.1) is 5.54 Å². The molecule has 1 heterocycles. The average Bonchev–Trinajstić information content (AvgIpc) is 2.11. The van der Waals surface area contributed by atoms with Crippen LogP contribution in [0.1, 0.15) is 40.3 Å². The van der Waals surface area contributed by atoms with E-state index >= 15 is 0 Å². The minimum atomic E-state index is -0.965. The first-order valence-electron chi connectivity index (χ1n) is 5.84. The summed E-state index contributed by atoms with van der Waals surface area (Å²) in [5, 5.41) is 2.61. The summed E-state index contributed by atoms with van der Waals surface area (Å²) in [6.07, 6.45) is 0.873. The zero-order valence-corrected chi connectivity index (χ0v) is 13.3. The van der Waals surface area contributed by atoms with Crippen LogP contribution in [0.4, 0.5) is 9.18 Å². The van der Waals surface area contributed by atoms with Crippen molar-refractivity contribution in [3.8, 4) is 0 Å². The average molecular weight is 333 g/mol. The molecule has 1 rings (SSSR count). The Hall–Kier alpha value is -1.17. The number of alkyl carbamates (subject to hydrolysis) is 1. The van der Waals surface area contributed by atoms with E-state index in [1.807, 2.05) is 0 Å². The molecule has 4 nitrogen and oxygen atoms in total. The highest BCUT2D eigenvalue weighted by molar-refractivity contribution is 9.10. The summed E-state index contributed by atoms with van der Waals surface area (Å²) < 4.78 is 19.5. The summed E-state index contributed by atoms with van der Waals surface area (Å²) in [5.41, 5.74) is -1.42. The number of amides is 1. The molecular formula is C13H18BrFN2O2. The molecule has 0 unspecified atom stereocenters. The lowest BCUT2D eigenvalue weighted by Gasteiger charge is -2.28. The molecule has 0 aromatic carbocycles. The Balaban J connectivity index is 2.89. The molecule has 19 heavy (non-hydrogen) atoms. The quantitative estimate of drug-likeness (QED) is 0.897. The number of carbonyl (C=O) groups excluding carboxylic acids is 1. The van der Waals surface area contributed by atoms with Gasteiger partial charge in [0.2, 0.25) is 0 Å². The number of pyridine rings is 1. The molecule has 0 radical (unpaired) electrons. The van der Waals surface area contributed by atoms with Crippen molar-refractivity contribution in [1.82, 2.24) is 10.3 Å². The van der Waals surface area contributed by atoms with Crippen molar-refractivity contribution in [2.75, 3.05) is 0 Å². The third-order valence-electron chi connectivity index (χ3n) is 2.21. The van der Waals surface area contributed by atoms with Gasteiger partial charge in [-0.2, -0.15) is 0 Å². The monoisotopic (exact) mass is 332 g/mol. The number of hydrogen-bond acceptors (Lipinski definition) is 3. The van der Waals surface area contributed by atoms with Gasteiger partial charge in [-0.1, -0.05) is 0 Å². The highest BCUT2D eigenvalue weighted by Crippen LogP contribution is 2.23. The zero-order valence-electron chi connectivity index (χ0n) is 11.7. The third-order valence-corrected chi connectivity index (χ3v) is 2.65. The number of rotatable bonds is 2. The topological polar surface area (TPSA) is 51.2 Å². The van der Waals surface area contributed by atoms with Gasteiger partial charge < -0.3 is 10.1 Å². The second-order valence-corrected chi connectivity index (χ2v) is 6.65. The maximum absolute atomic E-state index is 13.8. The molecule has 1 amide bonds. The molecule has 0 aliphatic rings. The van der Waals surface area contributed by atoms with Crippen LogP contribution in [-0.4, -0.2) is 16.7 Å². The van der Waals surface area contributed by atoms with E-state index in [4.69, 9.17) is 4.74 Å². The van der Waals surface area contributed by atoms with E-state index in [2.05, 4.69) is 26.2 Å². The van der Waals surface area contributed by atoms with E-state index in [0.29, 0.717) is 4.47 Å². The minimum absolute atomic E-state index is 0.154. The smallest absolute Gasteiger partial charge is 0.408 e. The lowest BCUT2D eigenvalue weighted by Crippen LogP contribution is -2.44. The number of aromatic nitrogens is 1. The van der Waals surface area contributed by atoms with Crippen molar-refractivity contribution in [2.24, 2.45) is 0 Å². The van der Waals surface area contributed by atoms with Crippen LogP contribution >= 0.6 is 15.9 Å². The molecule has 106 valence electrons. The van der Waals surface area contributed by atoms with Crippen molar-refractivity contribution in [1.29, 1.82) is 0 Å². The molecule has 6 heteroatoms. The van der Waals surface area contributed by atoms with E-state index in [0.717, 1.165) is 0 Å². The Bertz CT molecular complexity index is 484. The van der Waals surface area contributed by atoms with Crippen LogP contribution in [-0.2, 0) is 10.3 Å². The van der Waals surface area contributed by atoms with Crippen LogP contribution in [0.3, 0.4) is 0 Å². The summed E-state index contributed by atoms with van der Waals surface area (Å²) in [6.45, 7) is 8.61. The molecule has 0 fully saturated rings. The van der Waals surface area contributed by atoms with Crippen molar-refractivity contribution >= 4 is 22.0 Å². The first kappa shape index (κ1) is 15.9. The van der Waals surface area contributed by atoms with Crippen molar-refractivity contribution in [3.05, 3.63) is 28.2 Å². The minimum Gasteiger partial charge on any atom is -0.444 e. The second-order valence-electron chi connectivity index (χ2n) is 5.74. The number of nitrogens with zero attached hydrogens (tertiary/aromatic N) is 1. The maximum Gasteiger partial charge on any atom is 0.408 e. The maximum atomic E-state index is 13.8. The van der Waals surface area contributed by atoms with E-state index in [1.165, 1.54) is 12.3 Å². The number of hydrogen-bond donors (Lipinski definition) is 1. The van der Waals surface area contributed by atoms with Crippen molar-refractivity contribution in [2.45, 2.75) is 45.8 Å². The summed E-state index contributed by atoms with van der Waals surface area (Å²) >= 11 is 3.14. The van der Waals surface area contributed by atoms with Crippen molar-refractivity contribution < 1.29 is 13.9 Å². The number of halogens is 2. The van der Waals surface area contributed by atoms with Gasteiger partial charge in [0, 0.05) is 10.7 Å². The normalized spacial score (nSPS) is 12.2. The lowest BCUT2D eigenvalue weighted by molar-refractivity contribution is 0.0466. The first-order valence-corrected chi connectivity index (χ1v) is 6.63. The molecule has 0 bridgehead atoms. The molecule has 0 saturated heterocycles. The largest absolute Gasteiger partial charge is 0.444 e. The van der Waals surface area contributed by atoms with Crippen LogP contribution in [0.25, 0.3) is 0 Å². The molecule has 0 aliphatic carbocycles. The molecule has 1 aromatic heterocycles. The van der Waals surface area contributed by atoms with Crippen LogP contribution in [0.5, 0.6) is 0 Å². The van der Waals surface area contributed by atoms with Gasteiger partial charge in [0.15, 0.2) is 0 Å². The predicted molar refractivity (Wildman–Crippen MR) is 74.3 cm³/mol. The Morgan fingerprint density at radius 1 is 1.37 bits per heavy atom. The summed E-state index contributed by atoms with van der Waals surface area (Å²) in [5.74, 6) is -0.490. The number of ether oxygens (including phenoxy) is 1. The van der Waals surface area contributed by atoms with Crippen LogP contribution in [0.15, 0.2) is 16.7 Å². The fourth-order valence-corrected chi connectivity index (χ4v) is 1.80. The van der Waals surface area contributed by atoms with E-state index in [9.17, 15) is 9.18 Å². The summed E-state index contributed by atoms with van der Waals surface area (Å²) in [6, 6.07) is 1.31. The first-order chi connectivity index (χ1) is 8.51. The molecule has 0 aliphatic heterocycles. The SMILES string of the molecule is CC(C)(C)OC(=O)NC(C)(C)c1ncc(Br)cc1F. The Kier molecular flexibility index (Phi) is 4.55. The Labute approximate surface area is 120 Å². The van der Waals surface area contributed by atoms with Crippen molar-refractivity contribution in [3.63, 3.8) is 0 Å². The van der Waals surface area contributed by atoms with Gasteiger partial charge in [-0.3, -0.25) is 4.98 Å². The van der Waals surface area contributed by atoms with Crippen LogP contribution < -0.4 is 5.32 Å².